The highest BCUT2D eigenvalue weighted by Crippen LogP contribution is 2.41. The van der Waals surface area contributed by atoms with Gasteiger partial charge in [-0.05, 0) is 23.7 Å². The number of nitrogens with zero attached hydrogens (tertiary/aromatic N) is 1. The summed E-state index contributed by atoms with van der Waals surface area (Å²) in [5, 5.41) is 0.126. The van der Waals surface area contributed by atoms with Gasteiger partial charge in [0.15, 0.2) is 14.1 Å². The van der Waals surface area contributed by atoms with E-state index in [1.807, 2.05) is 30.3 Å². The van der Waals surface area contributed by atoms with Gasteiger partial charge in [-0.1, -0.05) is 51.1 Å². The average Bonchev–Trinajstić information content (AvgIpc) is 2.98. The second-order valence-corrected chi connectivity index (χ2v) is 13.2. The Balaban J connectivity index is 1.74. The van der Waals surface area contributed by atoms with Crippen LogP contribution in [-0.2, 0) is 14.0 Å². The summed E-state index contributed by atoms with van der Waals surface area (Å²) in [6.07, 6.45) is 0.626. The first kappa shape index (κ1) is 17.4. The molecule has 0 saturated carbocycles. The van der Waals surface area contributed by atoms with Crippen molar-refractivity contribution in [3.8, 4) is 0 Å². The zero-order valence-electron chi connectivity index (χ0n) is 15.2. The molecule has 1 aromatic rings. The van der Waals surface area contributed by atoms with Gasteiger partial charge in [0, 0.05) is 13.0 Å². The molecule has 4 nitrogen and oxygen atoms in total. The molecule has 1 unspecified atom stereocenters. The molecule has 3 atom stereocenters. The van der Waals surface area contributed by atoms with Gasteiger partial charge >= 0.3 is 0 Å². The highest BCUT2D eigenvalue weighted by molar-refractivity contribution is 6.74. The number of amides is 1. The average molecular weight is 346 g/mol. The van der Waals surface area contributed by atoms with Gasteiger partial charge in [-0.3, -0.25) is 9.59 Å². The number of hydrogen-bond donors (Lipinski definition) is 0. The topological polar surface area (TPSA) is 46.6 Å². The Morgan fingerprint density at radius 3 is 2.29 bits per heavy atom. The number of rotatable bonds is 3. The molecule has 0 N–H and O–H groups in total. The fraction of sp³-hybridized carbons (Fsp3) is 0.579. The third-order valence-corrected chi connectivity index (χ3v) is 10.3. The number of ketones is 1. The first-order valence-electron chi connectivity index (χ1n) is 8.69. The maximum Gasteiger partial charge on any atom is 0.238 e. The molecule has 2 aliphatic rings. The van der Waals surface area contributed by atoms with E-state index in [0.717, 1.165) is 5.56 Å². The predicted molar refractivity (Wildman–Crippen MR) is 96.4 cm³/mol. The van der Waals surface area contributed by atoms with E-state index >= 15 is 0 Å². The number of benzene rings is 1. The maximum atomic E-state index is 12.8. The van der Waals surface area contributed by atoms with Gasteiger partial charge in [0.05, 0.1) is 12.1 Å². The molecule has 2 aliphatic heterocycles. The van der Waals surface area contributed by atoms with Crippen LogP contribution in [0.15, 0.2) is 30.3 Å². The van der Waals surface area contributed by atoms with E-state index in [0.29, 0.717) is 13.0 Å². The van der Waals surface area contributed by atoms with Gasteiger partial charge in [-0.25, -0.2) is 0 Å². The van der Waals surface area contributed by atoms with Crippen LogP contribution in [0.1, 0.15) is 38.7 Å². The molecule has 1 amide bonds. The lowest BCUT2D eigenvalue weighted by atomic mass is 9.93. The van der Waals surface area contributed by atoms with Crippen LogP contribution in [0.2, 0.25) is 18.1 Å². The summed E-state index contributed by atoms with van der Waals surface area (Å²) >= 11 is 0. The summed E-state index contributed by atoms with van der Waals surface area (Å²) in [5.74, 6) is -0.643. The Morgan fingerprint density at radius 1 is 1.12 bits per heavy atom. The van der Waals surface area contributed by atoms with Gasteiger partial charge in [-0.15, -0.1) is 0 Å². The van der Waals surface area contributed by atoms with Gasteiger partial charge in [0.2, 0.25) is 5.91 Å². The van der Waals surface area contributed by atoms with Crippen LogP contribution in [0, 0.1) is 0 Å². The lowest BCUT2D eigenvalue weighted by Gasteiger charge is -2.38. The van der Waals surface area contributed by atoms with Gasteiger partial charge in [0.1, 0.15) is 5.92 Å². The summed E-state index contributed by atoms with van der Waals surface area (Å²) < 4.78 is 6.43. The molecule has 24 heavy (non-hydrogen) atoms. The number of fused-ring (bicyclic) bond motifs is 1. The minimum Gasteiger partial charge on any atom is -0.412 e. The third kappa shape index (κ3) is 2.84. The zero-order valence-corrected chi connectivity index (χ0v) is 16.2. The van der Waals surface area contributed by atoms with Crippen LogP contribution in [0.5, 0.6) is 0 Å². The molecule has 3 rings (SSSR count). The summed E-state index contributed by atoms with van der Waals surface area (Å²) in [6, 6.07) is 9.08. The van der Waals surface area contributed by atoms with Crippen LogP contribution in [-0.4, -0.2) is 43.6 Å². The fourth-order valence-corrected chi connectivity index (χ4v) is 4.78. The second-order valence-electron chi connectivity index (χ2n) is 8.49. The lowest BCUT2D eigenvalue weighted by molar-refractivity contribution is -0.129. The molecule has 0 aliphatic carbocycles. The van der Waals surface area contributed by atoms with E-state index < -0.39 is 14.2 Å². The quantitative estimate of drug-likeness (QED) is 0.623. The summed E-state index contributed by atoms with van der Waals surface area (Å²) in [5.41, 5.74) is 0.809. The monoisotopic (exact) mass is 345 g/mol. The van der Waals surface area contributed by atoms with Gasteiger partial charge in [-0.2, -0.15) is 0 Å². The zero-order chi connectivity index (χ0) is 17.7. The Hall–Kier alpha value is -1.46. The van der Waals surface area contributed by atoms with E-state index in [1.165, 1.54) is 0 Å². The summed E-state index contributed by atoms with van der Waals surface area (Å²) in [7, 11) is -1.89. The molecule has 130 valence electrons. The van der Waals surface area contributed by atoms with Crippen LogP contribution >= 0.6 is 0 Å². The van der Waals surface area contributed by atoms with E-state index in [1.54, 1.807) is 4.90 Å². The fourth-order valence-electron chi connectivity index (χ4n) is 3.42. The van der Waals surface area contributed by atoms with E-state index in [2.05, 4.69) is 33.9 Å². The summed E-state index contributed by atoms with van der Waals surface area (Å²) in [4.78, 5) is 27.3. The van der Waals surface area contributed by atoms with Crippen molar-refractivity contribution in [2.75, 3.05) is 6.54 Å². The van der Waals surface area contributed by atoms with Crippen molar-refractivity contribution in [1.82, 2.24) is 4.90 Å². The molecule has 2 heterocycles. The number of hydrogen-bond acceptors (Lipinski definition) is 3. The molecular weight excluding hydrogens is 318 g/mol. The highest BCUT2D eigenvalue weighted by Gasteiger charge is 2.53. The van der Waals surface area contributed by atoms with E-state index in [4.69, 9.17) is 4.43 Å². The number of carbonyl (C=O) groups is 2. The third-order valence-electron chi connectivity index (χ3n) is 5.81. The molecule has 1 aromatic carbocycles. The minimum absolute atomic E-state index is 0.0134. The van der Waals surface area contributed by atoms with Gasteiger partial charge in [0.25, 0.3) is 0 Å². The van der Waals surface area contributed by atoms with Crippen LogP contribution in [0.4, 0.5) is 0 Å². The van der Waals surface area contributed by atoms with Crippen LogP contribution in [0.25, 0.3) is 0 Å². The molecule has 2 saturated heterocycles. The second kappa shape index (κ2) is 5.81. The SMILES string of the molecule is CC(C)(C)[Si](C)(C)O[C@@H]1C[C@@H]2C(=O)C(c3ccccc3)C(=O)N2C1. The molecular formula is C19H27NO3Si. The molecule has 5 heteroatoms. The van der Waals surface area contributed by atoms with Crippen molar-refractivity contribution >= 4 is 20.0 Å². The first-order chi connectivity index (χ1) is 11.1. The Kier molecular flexibility index (Phi) is 4.20. The smallest absolute Gasteiger partial charge is 0.238 e. The maximum absolute atomic E-state index is 12.8. The van der Waals surface area contributed by atoms with Crippen molar-refractivity contribution in [3.05, 3.63) is 35.9 Å². The minimum atomic E-state index is -1.89. The van der Waals surface area contributed by atoms with Crippen molar-refractivity contribution in [2.24, 2.45) is 0 Å². The molecule has 0 spiro atoms. The van der Waals surface area contributed by atoms with Crippen molar-refractivity contribution in [3.63, 3.8) is 0 Å². The normalized spacial score (nSPS) is 27.7. The largest absolute Gasteiger partial charge is 0.412 e. The van der Waals surface area contributed by atoms with Crippen LogP contribution < -0.4 is 0 Å². The highest BCUT2D eigenvalue weighted by atomic mass is 28.4. The van der Waals surface area contributed by atoms with Crippen molar-refractivity contribution in [2.45, 2.75) is 63.4 Å². The van der Waals surface area contributed by atoms with Gasteiger partial charge < -0.3 is 9.33 Å². The first-order valence-corrected chi connectivity index (χ1v) is 11.6. The molecule has 0 aromatic heterocycles. The lowest BCUT2D eigenvalue weighted by Crippen LogP contribution is -2.45. The van der Waals surface area contributed by atoms with E-state index in [-0.39, 0.29) is 28.9 Å². The van der Waals surface area contributed by atoms with Crippen molar-refractivity contribution in [1.29, 1.82) is 0 Å². The van der Waals surface area contributed by atoms with E-state index in [9.17, 15) is 9.59 Å². The van der Waals surface area contributed by atoms with Crippen LogP contribution in [0.3, 0.4) is 0 Å². The molecule has 0 radical (unpaired) electrons. The standard InChI is InChI=1S/C19H27NO3Si/c1-19(2,3)24(4,5)23-14-11-15-17(21)16(18(22)20(15)12-14)13-9-7-6-8-10-13/h6-10,14-16H,11-12H2,1-5H3/t14-,15-,16?/m1/s1. The Labute approximate surface area is 145 Å². The summed E-state index contributed by atoms with van der Waals surface area (Å²) in [6.45, 7) is 11.6. The molecule has 0 bridgehead atoms. The molecule has 2 fully saturated rings. The number of Topliss-reactive ketones (excluding diaryl/α,β-unsaturated/α-hetero) is 1. The Bertz CT molecular complexity index is 626. The van der Waals surface area contributed by atoms with Crippen molar-refractivity contribution < 1.29 is 14.0 Å². The number of carbonyl (C=O) groups excluding carboxylic acids is 2. The predicted octanol–water partition coefficient (Wildman–Crippen LogP) is 3.34. The Morgan fingerprint density at radius 2 is 1.75 bits per heavy atom.